The van der Waals surface area contributed by atoms with Gasteiger partial charge in [0, 0.05) is 25.1 Å². The number of hydrogen-bond acceptors (Lipinski definition) is 3. The van der Waals surface area contributed by atoms with E-state index >= 15 is 0 Å². The van der Waals surface area contributed by atoms with Crippen LogP contribution in [0.2, 0.25) is 0 Å². The Bertz CT molecular complexity index is 506. The van der Waals surface area contributed by atoms with Crippen molar-refractivity contribution in [1.82, 2.24) is 10.2 Å². The number of nitrogens with zero attached hydrogens (tertiary/aromatic N) is 1. The van der Waals surface area contributed by atoms with E-state index in [0.717, 1.165) is 0 Å². The van der Waals surface area contributed by atoms with E-state index in [1.165, 1.54) is 18.7 Å². The molecule has 2 atom stereocenters. The van der Waals surface area contributed by atoms with Crippen molar-refractivity contribution in [3.63, 3.8) is 0 Å². The lowest BCUT2D eigenvalue weighted by Gasteiger charge is -2.20. The summed E-state index contributed by atoms with van der Waals surface area (Å²) in [6.45, 7) is 7.30. The highest BCUT2D eigenvalue weighted by Crippen LogP contribution is 2.19. The Morgan fingerprint density at radius 3 is 2.14 bits per heavy atom. The first-order valence-electron chi connectivity index (χ1n) is 7.62. The number of carbonyl (C=O) groups is 3. The molecule has 1 saturated heterocycles. The van der Waals surface area contributed by atoms with E-state index in [0.29, 0.717) is 18.5 Å². The van der Waals surface area contributed by atoms with Crippen molar-refractivity contribution >= 4 is 17.6 Å². The molecule has 2 rings (SSSR count). The van der Waals surface area contributed by atoms with E-state index in [1.54, 1.807) is 24.3 Å². The number of amides is 2. The molecule has 1 aliphatic heterocycles. The average Bonchev–Trinajstić information content (AvgIpc) is 2.94. The fourth-order valence-corrected chi connectivity index (χ4v) is 2.53. The van der Waals surface area contributed by atoms with Crippen molar-refractivity contribution in [3.05, 3.63) is 35.9 Å². The first-order valence-corrected chi connectivity index (χ1v) is 7.62. The van der Waals surface area contributed by atoms with E-state index in [-0.39, 0.29) is 23.6 Å². The number of ketones is 1. The van der Waals surface area contributed by atoms with Crippen molar-refractivity contribution in [2.75, 3.05) is 6.54 Å². The van der Waals surface area contributed by atoms with Gasteiger partial charge in [0.05, 0.1) is 6.04 Å². The SMILES string of the molecule is CC.CC(=O)C1CC(NC(=O)c2ccccc2)CN1C(C)=O. The zero-order valence-electron chi connectivity index (χ0n) is 13.6. The maximum absolute atomic E-state index is 12.1. The highest BCUT2D eigenvalue weighted by molar-refractivity contribution is 5.94. The second-order valence-electron chi connectivity index (χ2n) is 5.07. The minimum atomic E-state index is -0.423. The van der Waals surface area contributed by atoms with Crippen LogP contribution in [-0.4, -0.2) is 41.1 Å². The summed E-state index contributed by atoms with van der Waals surface area (Å²) in [6, 6.07) is 8.29. The van der Waals surface area contributed by atoms with Crippen LogP contribution in [0.1, 0.15) is 44.5 Å². The first kappa shape index (κ1) is 17.9. The Hall–Kier alpha value is -2.17. The van der Waals surface area contributed by atoms with Crippen molar-refractivity contribution in [2.24, 2.45) is 0 Å². The zero-order valence-corrected chi connectivity index (χ0v) is 13.6. The monoisotopic (exact) mass is 304 g/mol. The summed E-state index contributed by atoms with van der Waals surface area (Å²) >= 11 is 0. The van der Waals surface area contributed by atoms with Crippen molar-refractivity contribution in [2.45, 2.75) is 46.2 Å². The lowest BCUT2D eigenvalue weighted by Crippen LogP contribution is -2.39. The standard InChI is InChI=1S/C15H18N2O3.C2H6/c1-10(18)14-8-13(9-17(14)11(2)19)16-15(20)12-6-4-3-5-7-12;1-2/h3-7,13-14H,8-9H2,1-2H3,(H,16,20);1-2H3. The normalized spacial score (nSPS) is 19.9. The summed E-state index contributed by atoms with van der Waals surface area (Å²) in [4.78, 5) is 36.7. The van der Waals surface area contributed by atoms with Gasteiger partial charge in [0.2, 0.25) is 5.91 Å². The molecule has 1 aromatic carbocycles. The smallest absolute Gasteiger partial charge is 0.251 e. The van der Waals surface area contributed by atoms with Crippen molar-refractivity contribution in [1.29, 1.82) is 0 Å². The van der Waals surface area contributed by atoms with Crippen molar-refractivity contribution < 1.29 is 14.4 Å². The van der Waals surface area contributed by atoms with Gasteiger partial charge in [-0.15, -0.1) is 0 Å². The Balaban J connectivity index is 0.00000116. The number of hydrogen-bond donors (Lipinski definition) is 1. The molecule has 5 nitrogen and oxygen atoms in total. The van der Waals surface area contributed by atoms with Gasteiger partial charge in [0.1, 0.15) is 0 Å². The molecular weight excluding hydrogens is 280 g/mol. The third kappa shape index (κ3) is 4.41. The lowest BCUT2D eigenvalue weighted by atomic mass is 10.1. The Morgan fingerprint density at radius 2 is 1.68 bits per heavy atom. The largest absolute Gasteiger partial charge is 0.347 e. The van der Waals surface area contributed by atoms with E-state index in [9.17, 15) is 14.4 Å². The van der Waals surface area contributed by atoms with E-state index in [1.807, 2.05) is 19.9 Å². The second kappa shape index (κ2) is 8.32. The van der Waals surface area contributed by atoms with Crippen LogP contribution >= 0.6 is 0 Å². The minimum absolute atomic E-state index is 0.0448. The Kier molecular flexibility index (Phi) is 6.76. The van der Waals surface area contributed by atoms with Gasteiger partial charge in [0.25, 0.3) is 5.91 Å². The summed E-state index contributed by atoms with van der Waals surface area (Å²) in [5, 5.41) is 2.88. The van der Waals surface area contributed by atoms with Crippen LogP contribution in [0.3, 0.4) is 0 Å². The van der Waals surface area contributed by atoms with Gasteiger partial charge in [-0.05, 0) is 25.5 Å². The van der Waals surface area contributed by atoms with Gasteiger partial charge in [-0.3, -0.25) is 14.4 Å². The molecule has 1 N–H and O–H groups in total. The number of rotatable bonds is 3. The van der Waals surface area contributed by atoms with Crippen LogP contribution in [0.4, 0.5) is 0 Å². The van der Waals surface area contributed by atoms with Gasteiger partial charge in [-0.2, -0.15) is 0 Å². The van der Waals surface area contributed by atoms with Gasteiger partial charge in [-0.25, -0.2) is 0 Å². The van der Waals surface area contributed by atoms with Crippen LogP contribution in [0.15, 0.2) is 30.3 Å². The molecular formula is C17H24N2O3. The average molecular weight is 304 g/mol. The molecule has 0 saturated carbocycles. The van der Waals surface area contributed by atoms with Gasteiger partial charge in [-0.1, -0.05) is 32.0 Å². The van der Waals surface area contributed by atoms with Crippen LogP contribution < -0.4 is 5.32 Å². The molecule has 1 aliphatic rings. The minimum Gasteiger partial charge on any atom is -0.347 e. The van der Waals surface area contributed by atoms with Crippen LogP contribution in [0.25, 0.3) is 0 Å². The van der Waals surface area contributed by atoms with E-state index < -0.39 is 6.04 Å². The van der Waals surface area contributed by atoms with Crippen molar-refractivity contribution in [3.8, 4) is 0 Å². The molecule has 5 heteroatoms. The summed E-state index contributed by atoms with van der Waals surface area (Å²) in [7, 11) is 0. The molecule has 0 aromatic heterocycles. The number of nitrogens with one attached hydrogen (secondary N) is 1. The number of likely N-dealkylation sites (tertiary alicyclic amines) is 1. The first-order chi connectivity index (χ1) is 10.5. The summed E-state index contributed by atoms with van der Waals surface area (Å²) in [5.41, 5.74) is 0.577. The molecule has 22 heavy (non-hydrogen) atoms. The molecule has 1 aromatic rings. The second-order valence-corrected chi connectivity index (χ2v) is 5.07. The number of benzene rings is 1. The Morgan fingerprint density at radius 1 is 1.09 bits per heavy atom. The molecule has 0 radical (unpaired) electrons. The fraction of sp³-hybridized carbons (Fsp3) is 0.471. The molecule has 0 bridgehead atoms. The Labute approximate surface area is 131 Å². The number of Topliss-reactive ketones (excluding diaryl/α,β-unsaturated/α-hetero) is 1. The summed E-state index contributed by atoms with van der Waals surface area (Å²) in [6.07, 6.45) is 0.480. The van der Waals surface area contributed by atoms with Crippen LogP contribution in [0, 0.1) is 0 Å². The lowest BCUT2D eigenvalue weighted by molar-refractivity contribution is -0.135. The molecule has 2 unspecified atom stereocenters. The molecule has 0 aliphatic carbocycles. The highest BCUT2D eigenvalue weighted by Gasteiger charge is 2.37. The van der Waals surface area contributed by atoms with Gasteiger partial charge < -0.3 is 10.2 Å². The van der Waals surface area contributed by atoms with Crippen LogP contribution in [-0.2, 0) is 9.59 Å². The fourth-order valence-electron chi connectivity index (χ4n) is 2.53. The molecule has 1 fully saturated rings. The van der Waals surface area contributed by atoms with Gasteiger partial charge >= 0.3 is 0 Å². The molecule has 2 amide bonds. The maximum Gasteiger partial charge on any atom is 0.251 e. The third-order valence-corrected chi connectivity index (χ3v) is 3.55. The molecule has 0 spiro atoms. The topological polar surface area (TPSA) is 66.5 Å². The maximum atomic E-state index is 12.1. The van der Waals surface area contributed by atoms with Gasteiger partial charge in [0.15, 0.2) is 5.78 Å². The zero-order chi connectivity index (χ0) is 16.7. The summed E-state index contributed by atoms with van der Waals surface area (Å²) < 4.78 is 0. The summed E-state index contributed by atoms with van der Waals surface area (Å²) in [5.74, 6) is -0.360. The predicted octanol–water partition coefficient (Wildman–Crippen LogP) is 2.02. The third-order valence-electron chi connectivity index (χ3n) is 3.55. The predicted molar refractivity (Wildman–Crippen MR) is 85.5 cm³/mol. The van der Waals surface area contributed by atoms with E-state index in [4.69, 9.17) is 0 Å². The molecule has 120 valence electrons. The van der Waals surface area contributed by atoms with E-state index in [2.05, 4.69) is 5.32 Å². The number of carbonyl (C=O) groups excluding carboxylic acids is 3. The molecule has 1 heterocycles. The van der Waals surface area contributed by atoms with Crippen LogP contribution in [0.5, 0.6) is 0 Å². The highest BCUT2D eigenvalue weighted by atomic mass is 16.2. The quantitative estimate of drug-likeness (QED) is 0.929.